The van der Waals surface area contributed by atoms with Gasteiger partial charge in [-0.15, -0.1) is 0 Å². The molecule has 0 spiro atoms. The van der Waals surface area contributed by atoms with Gasteiger partial charge >= 0.3 is 0 Å². The fourth-order valence-electron chi connectivity index (χ4n) is 3.10. The van der Waals surface area contributed by atoms with Crippen LogP contribution in [0.1, 0.15) is 38.2 Å². The number of rotatable bonds is 6. The van der Waals surface area contributed by atoms with Crippen LogP contribution < -0.4 is 4.72 Å². The minimum atomic E-state index is -3.42. The van der Waals surface area contributed by atoms with E-state index in [1.165, 1.54) is 6.42 Å². The smallest absolute Gasteiger partial charge is 0.240 e. The third-order valence-corrected chi connectivity index (χ3v) is 6.14. The summed E-state index contributed by atoms with van der Waals surface area (Å²) in [6.07, 6.45) is 4.34. The van der Waals surface area contributed by atoms with Crippen LogP contribution in [-0.4, -0.2) is 39.5 Å². The molecule has 1 aliphatic rings. The lowest BCUT2D eigenvalue weighted by atomic mass is 9.85. The first-order valence-electron chi connectivity index (χ1n) is 8.20. The molecule has 0 amide bonds. The molecular formula is C17H28N2O2S. The summed E-state index contributed by atoms with van der Waals surface area (Å²) in [5.74, 6) is 0.402. The van der Waals surface area contributed by atoms with Gasteiger partial charge in [-0.25, -0.2) is 13.1 Å². The molecule has 2 rings (SSSR count). The second-order valence-electron chi connectivity index (χ2n) is 6.44. The molecule has 0 aromatic heterocycles. The molecule has 4 nitrogen and oxygen atoms in total. The Balaban J connectivity index is 2.10. The van der Waals surface area contributed by atoms with E-state index in [2.05, 4.69) is 23.6 Å². The van der Waals surface area contributed by atoms with Gasteiger partial charge in [-0.2, -0.15) is 0 Å². The molecule has 1 aromatic rings. The highest BCUT2D eigenvalue weighted by atomic mass is 32.2. The fourth-order valence-corrected chi connectivity index (χ4v) is 4.43. The number of nitrogens with zero attached hydrogens (tertiary/aromatic N) is 1. The van der Waals surface area contributed by atoms with E-state index in [1.54, 1.807) is 12.1 Å². The van der Waals surface area contributed by atoms with Crippen LogP contribution in [0.2, 0.25) is 0 Å². The Kier molecular flexibility index (Phi) is 6.01. The summed E-state index contributed by atoms with van der Waals surface area (Å²) in [6.45, 7) is 6.04. The van der Waals surface area contributed by atoms with E-state index in [0.29, 0.717) is 10.8 Å². The van der Waals surface area contributed by atoms with E-state index in [1.807, 2.05) is 19.1 Å². The SMILES string of the molecule is CCN(C)C[C@@H]1CCCC[C@@H]1NS(=O)(=O)c1ccc(C)cc1. The van der Waals surface area contributed by atoms with Crippen LogP contribution in [0.4, 0.5) is 0 Å². The van der Waals surface area contributed by atoms with E-state index in [0.717, 1.165) is 37.9 Å². The van der Waals surface area contributed by atoms with Gasteiger partial charge in [-0.1, -0.05) is 37.5 Å². The number of benzene rings is 1. The van der Waals surface area contributed by atoms with Crippen LogP contribution in [-0.2, 0) is 10.0 Å². The van der Waals surface area contributed by atoms with Crippen molar-refractivity contribution < 1.29 is 8.42 Å². The lowest BCUT2D eigenvalue weighted by Gasteiger charge is -2.34. The Bertz CT molecular complexity index is 569. The molecule has 0 unspecified atom stereocenters. The van der Waals surface area contributed by atoms with E-state index >= 15 is 0 Å². The second kappa shape index (κ2) is 7.57. The third kappa shape index (κ3) is 4.54. The van der Waals surface area contributed by atoms with Crippen molar-refractivity contribution >= 4 is 10.0 Å². The Morgan fingerprint density at radius 1 is 1.18 bits per heavy atom. The van der Waals surface area contributed by atoms with Gasteiger partial charge < -0.3 is 4.90 Å². The number of sulfonamides is 1. The summed E-state index contributed by atoms with van der Waals surface area (Å²) in [5, 5.41) is 0. The van der Waals surface area contributed by atoms with Gasteiger partial charge in [0.1, 0.15) is 0 Å². The predicted molar refractivity (Wildman–Crippen MR) is 90.4 cm³/mol. The standard InChI is InChI=1S/C17H28N2O2S/c1-4-19(3)13-15-7-5-6-8-17(15)18-22(20,21)16-11-9-14(2)10-12-16/h9-12,15,17-18H,4-8,13H2,1-3H3/t15-,17-/m0/s1. The number of nitrogens with one attached hydrogen (secondary N) is 1. The maximum atomic E-state index is 12.6. The van der Waals surface area contributed by atoms with Crippen molar-refractivity contribution in [2.24, 2.45) is 5.92 Å². The molecule has 1 N–H and O–H groups in total. The van der Waals surface area contributed by atoms with Gasteiger partial charge in [0, 0.05) is 12.6 Å². The Morgan fingerprint density at radius 3 is 2.45 bits per heavy atom. The first-order chi connectivity index (χ1) is 10.4. The summed E-state index contributed by atoms with van der Waals surface area (Å²) in [7, 11) is -1.32. The monoisotopic (exact) mass is 324 g/mol. The van der Waals surface area contributed by atoms with Crippen LogP contribution in [0.25, 0.3) is 0 Å². The fraction of sp³-hybridized carbons (Fsp3) is 0.647. The van der Waals surface area contributed by atoms with E-state index in [-0.39, 0.29) is 6.04 Å². The number of hydrogen-bond acceptors (Lipinski definition) is 3. The lowest BCUT2D eigenvalue weighted by Crippen LogP contribution is -2.45. The molecule has 0 bridgehead atoms. The van der Waals surface area contributed by atoms with Gasteiger partial charge in [0.15, 0.2) is 0 Å². The summed E-state index contributed by atoms with van der Waals surface area (Å²) < 4.78 is 28.1. The summed E-state index contributed by atoms with van der Waals surface area (Å²) in [5.41, 5.74) is 1.07. The zero-order valence-corrected chi connectivity index (χ0v) is 14.7. The van der Waals surface area contributed by atoms with Gasteiger partial charge in [0.05, 0.1) is 4.90 Å². The Morgan fingerprint density at radius 2 is 1.82 bits per heavy atom. The maximum absolute atomic E-state index is 12.6. The number of aryl methyl sites for hydroxylation is 1. The Labute approximate surface area is 135 Å². The van der Waals surface area contributed by atoms with E-state index in [4.69, 9.17) is 0 Å². The molecule has 0 radical (unpaired) electrons. The van der Waals surface area contributed by atoms with Crippen molar-refractivity contribution in [3.05, 3.63) is 29.8 Å². The molecule has 1 aromatic carbocycles. The summed E-state index contributed by atoms with van der Waals surface area (Å²) >= 11 is 0. The quantitative estimate of drug-likeness (QED) is 0.875. The molecule has 0 heterocycles. The van der Waals surface area contributed by atoms with Gasteiger partial charge in [-0.3, -0.25) is 0 Å². The average molecular weight is 324 g/mol. The molecule has 1 saturated carbocycles. The van der Waals surface area contributed by atoms with Crippen LogP contribution in [0.15, 0.2) is 29.2 Å². The lowest BCUT2D eigenvalue weighted by molar-refractivity contribution is 0.208. The second-order valence-corrected chi connectivity index (χ2v) is 8.15. The minimum Gasteiger partial charge on any atom is -0.306 e. The van der Waals surface area contributed by atoms with Gasteiger partial charge in [0.2, 0.25) is 10.0 Å². The normalized spacial score (nSPS) is 22.9. The van der Waals surface area contributed by atoms with Crippen molar-refractivity contribution in [3.63, 3.8) is 0 Å². The zero-order chi connectivity index (χ0) is 16.2. The van der Waals surface area contributed by atoms with Crippen LogP contribution in [0, 0.1) is 12.8 Å². The van der Waals surface area contributed by atoms with Crippen LogP contribution in [0.5, 0.6) is 0 Å². The molecule has 5 heteroatoms. The van der Waals surface area contributed by atoms with Crippen molar-refractivity contribution in [2.45, 2.75) is 50.5 Å². The molecular weight excluding hydrogens is 296 g/mol. The van der Waals surface area contributed by atoms with Gasteiger partial charge in [-0.05, 0) is 51.4 Å². The molecule has 0 aliphatic heterocycles. The molecule has 124 valence electrons. The van der Waals surface area contributed by atoms with Crippen molar-refractivity contribution in [3.8, 4) is 0 Å². The van der Waals surface area contributed by atoms with Crippen molar-refractivity contribution in [1.29, 1.82) is 0 Å². The molecule has 1 aliphatic carbocycles. The molecule has 1 fully saturated rings. The van der Waals surface area contributed by atoms with Crippen LogP contribution >= 0.6 is 0 Å². The zero-order valence-electron chi connectivity index (χ0n) is 13.9. The molecule has 2 atom stereocenters. The van der Waals surface area contributed by atoms with E-state index < -0.39 is 10.0 Å². The van der Waals surface area contributed by atoms with Crippen molar-refractivity contribution in [1.82, 2.24) is 9.62 Å². The highest BCUT2D eigenvalue weighted by Gasteiger charge is 2.29. The maximum Gasteiger partial charge on any atom is 0.240 e. The minimum absolute atomic E-state index is 0.0500. The van der Waals surface area contributed by atoms with Gasteiger partial charge in [0.25, 0.3) is 0 Å². The van der Waals surface area contributed by atoms with Crippen LogP contribution in [0.3, 0.4) is 0 Å². The first kappa shape index (κ1) is 17.4. The summed E-state index contributed by atoms with van der Waals surface area (Å²) in [6, 6.07) is 7.12. The average Bonchev–Trinajstić information content (AvgIpc) is 2.49. The Hall–Kier alpha value is -0.910. The topological polar surface area (TPSA) is 49.4 Å². The van der Waals surface area contributed by atoms with Crippen molar-refractivity contribution in [2.75, 3.05) is 20.1 Å². The number of hydrogen-bond donors (Lipinski definition) is 1. The summed E-state index contributed by atoms with van der Waals surface area (Å²) in [4.78, 5) is 2.63. The predicted octanol–water partition coefficient (Wildman–Crippen LogP) is 2.78. The highest BCUT2D eigenvalue weighted by Crippen LogP contribution is 2.26. The first-order valence-corrected chi connectivity index (χ1v) is 9.68. The highest BCUT2D eigenvalue weighted by molar-refractivity contribution is 7.89. The molecule has 22 heavy (non-hydrogen) atoms. The third-order valence-electron chi connectivity index (χ3n) is 4.63. The van der Waals surface area contributed by atoms with E-state index in [9.17, 15) is 8.42 Å². The largest absolute Gasteiger partial charge is 0.306 e. The molecule has 0 saturated heterocycles.